The predicted molar refractivity (Wildman–Crippen MR) is 122 cm³/mol. The van der Waals surface area contributed by atoms with Crippen molar-refractivity contribution in [2.24, 2.45) is 10.1 Å². The Morgan fingerprint density at radius 2 is 1.90 bits per heavy atom. The van der Waals surface area contributed by atoms with Gasteiger partial charge in [0.15, 0.2) is 0 Å². The molecule has 2 aromatic carbocycles. The number of aromatic hydroxyl groups is 1. The largest absolute Gasteiger partial charge is 0.507 e. The Hall–Kier alpha value is -3.32. The minimum absolute atomic E-state index is 0.176. The van der Waals surface area contributed by atoms with Gasteiger partial charge in [-0.05, 0) is 44.2 Å². The van der Waals surface area contributed by atoms with E-state index in [0.29, 0.717) is 34.1 Å². The zero-order chi connectivity index (χ0) is 21.7. The Balaban J connectivity index is 2.24. The van der Waals surface area contributed by atoms with E-state index in [2.05, 4.69) is 11.6 Å². The van der Waals surface area contributed by atoms with Crippen molar-refractivity contribution in [2.45, 2.75) is 13.8 Å². The van der Waals surface area contributed by atoms with E-state index in [1.54, 1.807) is 31.0 Å². The van der Waals surface area contributed by atoms with Gasteiger partial charge in [-0.3, -0.25) is 4.99 Å². The van der Waals surface area contributed by atoms with E-state index in [1.165, 1.54) is 11.3 Å². The van der Waals surface area contributed by atoms with E-state index in [0.717, 1.165) is 16.8 Å². The van der Waals surface area contributed by atoms with Crippen molar-refractivity contribution in [2.75, 3.05) is 20.8 Å². The SMILES string of the molecule is C=C(C)CN=c1scc(-c2cc(OC)ccc2OC)n1N=C(C)c1ccccc1O. The van der Waals surface area contributed by atoms with Crippen molar-refractivity contribution in [1.82, 2.24) is 4.68 Å². The molecule has 7 heteroatoms. The highest BCUT2D eigenvalue weighted by Gasteiger charge is 2.15. The third kappa shape index (κ3) is 4.63. The minimum Gasteiger partial charge on any atom is -0.507 e. The van der Waals surface area contributed by atoms with Gasteiger partial charge in [0, 0.05) is 16.5 Å². The Labute approximate surface area is 180 Å². The first-order valence-electron chi connectivity index (χ1n) is 9.36. The number of methoxy groups -OCH3 is 2. The number of phenols is 1. The summed E-state index contributed by atoms with van der Waals surface area (Å²) in [6, 6.07) is 12.7. The van der Waals surface area contributed by atoms with Crippen molar-refractivity contribution >= 4 is 17.0 Å². The summed E-state index contributed by atoms with van der Waals surface area (Å²) in [5, 5.41) is 17.0. The summed E-state index contributed by atoms with van der Waals surface area (Å²) in [5.74, 6) is 1.59. The lowest BCUT2D eigenvalue weighted by molar-refractivity contribution is 0.404. The first-order valence-corrected chi connectivity index (χ1v) is 10.2. The second kappa shape index (κ2) is 9.45. The van der Waals surface area contributed by atoms with Crippen LogP contribution in [-0.4, -0.2) is 36.3 Å². The normalized spacial score (nSPS) is 12.1. The Morgan fingerprint density at radius 3 is 2.57 bits per heavy atom. The second-order valence-electron chi connectivity index (χ2n) is 6.76. The number of nitrogens with zero attached hydrogens (tertiary/aromatic N) is 3. The average molecular weight is 424 g/mol. The summed E-state index contributed by atoms with van der Waals surface area (Å²) in [7, 11) is 3.26. The third-order valence-corrected chi connectivity index (χ3v) is 5.25. The van der Waals surface area contributed by atoms with Gasteiger partial charge in [-0.1, -0.05) is 24.3 Å². The molecule has 30 heavy (non-hydrogen) atoms. The summed E-state index contributed by atoms with van der Waals surface area (Å²) in [6.07, 6.45) is 0. The molecule has 0 unspecified atom stereocenters. The molecule has 0 aliphatic carbocycles. The van der Waals surface area contributed by atoms with E-state index in [4.69, 9.17) is 14.6 Å². The lowest BCUT2D eigenvalue weighted by atomic mass is 10.1. The molecular formula is C23H25N3O3S. The summed E-state index contributed by atoms with van der Waals surface area (Å²) in [6.45, 7) is 8.22. The molecule has 156 valence electrons. The molecule has 0 bridgehead atoms. The van der Waals surface area contributed by atoms with Gasteiger partial charge in [0.05, 0.1) is 32.2 Å². The number of benzene rings is 2. The molecule has 0 aliphatic rings. The van der Waals surface area contributed by atoms with E-state index >= 15 is 0 Å². The van der Waals surface area contributed by atoms with Gasteiger partial charge in [0.1, 0.15) is 17.2 Å². The van der Waals surface area contributed by atoms with Crippen molar-refractivity contribution < 1.29 is 14.6 Å². The fraction of sp³-hybridized carbons (Fsp3) is 0.217. The molecule has 0 spiro atoms. The molecule has 0 saturated heterocycles. The molecule has 0 radical (unpaired) electrons. The molecular weight excluding hydrogens is 398 g/mol. The van der Waals surface area contributed by atoms with E-state index in [-0.39, 0.29) is 5.75 Å². The molecule has 0 amide bonds. The van der Waals surface area contributed by atoms with Gasteiger partial charge in [-0.2, -0.15) is 5.10 Å². The fourth-order valence-electron chi connectivity index (χ4n) is 2.89. The Bertz CT molecular complexity index is 1160. The van der Waals surface area contributed by atoms with Crippen LogP contribution in [0.15, 0.2) is 70.1 Å². The van der Waals surface area contributed by atoms with Crippen LogP contribution in [-0.2, 0) is 0 Å². The van der Waals surface area contributed by atoms with E-state index in [1.807, 2.05) is 49.6 Å². The fourth-order valence-corrected chi connectivity index (χ4v) is 3.71. The molecule has 6 nitrogen and oxygen atoms in total. The molecule has 1 aromatic heterocycles. The van der Waals surface area contributed by atoms with Crippen LogP contribution in [0.2, 0.25) is 0 Å². The lowest BCUT2D eigenvalue weighted by Gasteiger charge is -2.12. The first kappa shape index (κ1) is 21.4. The highest BCUT2D eigenvalue weighted by molar-refractivity contribution is 7.07. The van der Waals surface area contributed by atoms with Crippen LogP contribution in [0, 0.1) is 0 Å². The monoisotopic (exact) mass is 423 g/mol. The zero-order valence-electron chi connectivity index (χ0n) is 17.5. The molecule has 1 N–H and O–H groups in total. The Morgan fingerprint density at radius 1 is 1.13 bits per heavy atom. The number of hydrogen-bond acceptors (Lipinski definition) is 6. The van der Waals surface area contributed by atoms with Crippen LogP contribution in [0.4, 0.5) is 0 Å². The van der Waals surface area contributed by atoms with Gasteiger partial charge in [0.2, 0.25) is 4.80 Å². The summed E-state index contributed by atoms with van der Waals surface area (Å²) in [5.41, 5.74) is 3.92. The van der Waals surface area contributed by atoms with Crippen molar-refractivity contribution in [3.05, 3.63) is 70.4 Å². The molecule has 0 atom stereocenters. The predicted octanol–water partition coefficient (Wildman–Crippen LogP) is 4.69. The average Bonchev–Trinajstić information content (AvgIpc) is 3.14. The lowest BCUT2D eigenvalue weighted by Crippen LogP contribution is -2.15. The van der Waals surface area contributed by atoms with Gasteiger partial charge in [-0.15, -0.1) is 11.3 Å². The Kier molecular flexibility index (Phi) is 6.74. The standard InChI is InChI=1S/C23H25N3O3S/c1-15(2)13-24-23-26(25-16(3)18-8-6-7-9-21(18)27)20(14-30-23)19-12-17(28-4)10-11-22(19)29-5/h6-12,14,27H,1,13H2,2-5H3. The molecule has 3 aromatic rings. The number of phenolic OH excluding ortho intramolecular Hbond substituents is 1. The molecule has 0 fully saturated rings. The van der Waals surface area contributed by atoms with Crippen LogP contribution in [0.1, 0.15) is 19.4 Å². The second-order valence-corrected chi connectivity index (χ2v) is 7.59. The minimum atomic E-state index is 0.176. The number of thiazole rings is 1. The topological polar surface area (TPSA) is 68.3 Å². The zero-order valence-corrected chi connectivity index (χ0v) is 18.4. The smallest absolute Gasteiger partial charge is 0.206 e. The maximum atomic E-state index is 10.2. The van der Waals surface area contributed by atoms with Gasteiger partial charge >= 0.3 is 0 Å². The first-order chi connectivity index (χ1) is 14.4. The van der Waals surface area contributed by atoms with Crippen LogP contribution in [0.3, 0.4) is 0 Å². The highest BCUT2D eigenvalue weighted by Crippen LogP contribution is 2.34. The highest BCUT2D eigenvalue weighted by atomic mass is 32.1. The summed E-state index contributed by atoms with van der Waals surface area (Å²) >= 11 is 1.48. The van der Waals surface area contributed by atoms with Gasteiger partial charge in [0.25, 0.3) is 0 Å². The molecule has 0 saturated carbocycles. The van der Waals surface area contributed by atoms with Crippen LogP contribution in [0.25, 0.3) is 11.3 Å². The number of aromatic nitrogens is 1. The maximum absolute atomic E-state index is 10.2. The van der Waals surface area contributed by atoms with E-state index in [9.17, 15) is 5.11 Å². The van der Waals surface area contributed by atoms with Crippen LogP contribution >= 0.6 is 11.3 Å². The van der Waals surface area contributed by atoms with Crippen LogP contribution < -0.4 is 14.3 Å². The van der Waals surface area contributed by atoms with Gasteiger partial charge < -0.3 is 14.6 Å². The molecule has 1 heterocycles. The summed E-state index contributed by atoms with van der Waals surface area (Å²) < 4.78 is 12.7. The van der Waals surface area contributed by atoms with Crippen molar-refractivity contribution in [3.63, 3.8) is 0 Å². The van der Waals surface area contributed by atoms with E-state index < -0.39 is 0 Å². The van der Waals surface area contributed by atoms with Crippen LogP contribution in [0.5, 0.6) is 17.2 Å². The van der Waals surface area contributed by atoms with Crippen molar-refractivity contribution in [3.8, 4) is 28.5 Å². The summed E-state index contributed by atoms with van der Waals surface area (Å²) in [4.78, 5) is 5.37. The maximum Gasteiger partial charge on any atom is 0.206 e. The third-order valence-electron chi connectivity index (χ3n) is 4.40. The molecule has 0 aliphatic heterocycles. The number of rotatable bonds is 7. The number of para-hydroxylation sites is 1. The quantitative estimate of drug-likeness (QED) is 0.443. The number of hydrogen-bond donors (Lipinski definition) is 1. The van der Waals surface area contributed by atoms with Crippen molar-refractivity contribution in [1.29, 1.82) is 0 Å². The number of ether oxygens (including phenoxy) is 2. The van der Waals surface area contributed by atoms with Gasteiger partial charge in [-0.25, -0.2) is 4.68 Å². The molecule has 3 rings (SSSR count).